The summed E-state index contributed by atoms with van der Waals surface area (Å²) in [5, 5.41) is 4.08. The summed E-state index contributed by atoms with van der Waals surface area (Å²) in [5.41, 5.74) is 6.40. The predicted molar refractivity (Wildman–Crippen MR) is 95.7 cm³/mol. The maximum absolute atomic E-state index is 12.3. The summed E-state index contributed by atoms with van der Waals surface area (Å²) in [5.74, 6) is 0.0658. The molecule has 0 saturated carbocycles. The molecule has 4 nitrogen and oxygen atoms in total. The summed E-state index contributed by atoms with van der Waals surface area (Å²) >= 11 is 1.69. The second-order valence-electron chi connectivity index (χ2n) is 5.27. The minimum absolute atomic E-state index is 0. The quantitative estimate of drug-likeness (QED) is 0.812. The molecular weight excluding hydrogens is 318 g/mol. The number of nitrogens with two attached hydrogens (primary N) is 1. The highest BCUT2D eigenvalue weighted by Crippen LogP contribution is 2.25. The highest BCUT2D eigenvalue weighted by molar-refractivity contribution is 7.18. The van der Waals surface area contributed by atoms with Crippen molar-refractivity contribution < 1.29 is 4.79 Å². The van der Waals surface area contributed by atoms with Crippen molar-refractivity contribution in [2.45, 2.75) is 33.1 Å². The Morgan fingerprint density at radius 2 is 2.00 bits per heavy atom. The van der Waals surface area contributed by atoms with Crippen LogP contribution < -0.4 is 11.1 Å². The van der Waals surface area contributed by atoms with Gasteiger partial charge in [-0.2, -0.15) is 0 Å². The van der Waals surface area contributed by atoms with E-state index in [-0.39, 0.29) is 18.3 Å². The molecule has 122 valence electrons. The third-order valence-corrected chi connectivity index (χ3v) is 5.28. The van der Waals surface area contributed by atoms with Crippen LogP contribution in [-0.2, 0) is 11.2 Å². The topological polar surface area (TPSA) is 68.0 Å². The molecule has 1 amide bonds. The standard InChI is InChI=1S/C16H23N3OS.ClH/c1-3-16(4-2,11-17)15(20)18-10-9-14-19-12-7-5-6-8-13(12)21-14;/h5-8H,3-4,9-11,17H2,1-2H3,(H,18,20);1H. The van der Waals surface area contributed by atoms with Gasteiger partial charge in [-0.3, -0.25) is 4.79 Å². The fraction of sp³-hybridized carbons (Fsp3) is 0.500. The molecule has 0 radical (unpaired) electrons. The van der Waals surface area contributed by atoms with Crippen LogP contribution in [0.3, 0.4) is 0 Å². The smallest absolute Gasteiger partial charge is 0.227 e. The van der Waals surface area contributed by atoms with Gasteiger partial charge >= 0.3 is 0 Å². The molecule has 0 spiro atoms. The van der Waals surface area contributed by atoms with Gasteiger partial charge in [0.25, 0.3) is 0 Å². The Hall–Kier alpha value is -1.17. The molecule has 0 aliphatic rings. The second kappa shape index (κ2) is 8.46. The van der Waals surface area contributed by atoms with Gasteiger partial charge in [0.1, 0.15) is 0 Å². The number of carbonyl (C=O) groups excluding carboxylic acids is 1. The number of rotatable bonds is 7. The highest BCUT2D eigenvalue weighted by atomic mass is 35.5. The number of carbonyl (C=O) groups is 1. The molecule has 2 aromatic rings. The minimum atomic E-state index is -0.423. The SMILES string of the molecule is CCC(CC)(CN)C(=O)NCCc1nc2ccccc2s1.Cl. The zero-order chi connectivity index (χ0) is 15.3. The fourth-order valence-electron chi connectivity index (χ4n) is 2.45. The summed E-state index contributed by atoms with van der Waals surface area (Å²) < 4.78 is 1.19. The van der Waals surface area contributed by atoms with E-state index in [1.54, 1.807) is 11.3 Å². The van der Waals surface area contributed by atoms with Crippen molar-refractivity contribution in [2.75, 3.05) is 13.1 Å². The van der Waals surface area contributed by atoms with E-state index in [1.165, 1.54) is 4.70 Å². The van der Waals surface area contributed by atoms with Crippen LogP contribution in [0.2, 0.25) is 0 Å². The molecule has 0 aliphatic heterocycles. The number of nitrogens with zero attached hydrogens (tertiary/aromatic N) is 1. The van der Waals surface area contributed by atoms with E-state index < -0.39 is 5.41 Å². The Bertz CT molecular complexity index is 569. The molecular formula is C16H24ClN3OS. The average Bonchev–Trinajstić information content (AvgIpc) is 2.92. The number of para-hydroxylation sites is 1. The number of halogens is 1. The van der Waals surface area contributed by atoms with Crippen molar-refractivity contribution in [1.82, 2.24) is 10.3 Å². The van der Waals surface area contributed by atoms with Crippen LogP contribution in [0.4, 0.5) is 0 Å². The Balaban J connectivity index is 0.00000242. The summed E-state index contributed by atoms with van der Waals surface area (Å²) in [6.45, 7) is 5.04. The van der Waals surface area contributed by atoms with Crippen molar-refractivity contribution in [3.05, 3.63) is 29.3 Å². The van der Waals surface area contributed by atoms with Gasteiger partial charge in [-0.1, -0.05) is 26.0 Å². The molecule has 0 aliphatic carbocycles. The molecule has 2 rings (SSSR count). The van der Waals surface area contributed by atoms with Gasteiger partial charge in [0, 0.05) is 19.5 Å². The van der Waals surface area contributed by atoms with E-state index in [9.17, 15) is 4.79 Å². The van der Waals surface area contributed by atoms with E-state index >= 15 is 0 Å². The van der Waals surface area contributed by atoms with E-state index in [1.807, 2.05) is 32.0 Å². The van der Waals surface area contributed by atoms with Crippen LogP contribution in [0, 0.1) is 5.41 Å². The van der Waals surface area contributed by atoms with Crippen LogP contribution in [0.25, 0.3) is 10.2 Å². The summed E-state index contributed by atoms with van der Waals surface area (Å²) in [4.78, 5) is 16.9. The third kappa shape index (κ3) is 3.97. The van der Waals surface area contributed by atoms with Crippen molar-refractivity contribution in [3.63, 3.8) is 0 Å². The lowest BCUT2D eigenvalue weighted by molar-refractivity contribution is -0.131. The first-order chi connectivity index (χ1) is 10.1. The number of fused-ring (bicyclic) bond motifs is 1. The van der Waals surface area contributed by atoms with Gasteiger partial charge < -0.3 is 11.1 Å². The molecule has 6 heteroatoms. The molecule has 22 heavy (non-hydrogen) atoms. The number of hydrogen-bond acceptors (Lipinski definition) is 4. The van der Waals surface area contributed by atoms with E-state index in [2.05, 4.69) is 16.4 Å². The Morgan fingerprint density at radius 3 is 2.59 bits per heavy atom. The molecule has 1 heterocycles. The first-order valence-corrected chi connectivity index (χ1v) is 8.29. The predicted octanol–water partition coefficient (Wildman–Crippen LogP) is 3.14. The molecule has 0 saturated heterocycles. The van der Waals surface area contributed by atoms with E-state index in [0.717, 1.165) is 29.8 Å². The first kappa shape index (κ1) is 18.9. The van der Waals surface area contributed by atoms with Crippen LogP contribution in [-0.4, -0.2) is 24.0 Å². The van der Waals surface area contributed by atoms with Gasteiger partial charge in [-0.15, -0.1) is 23.7 Å². The van der Waals surface area contributed by atoms with Crippen LogP contribution in [0.5, 0.6) is 0 Å². The van der Waals surface area contributed by atoms with E-state index in [4.69, 9.17) is 5.73 Å². The second-order valence-corrected chi connectivity index (χ2v) is 6.39. The maximum Gasteiger partial charge on any atom is 0.227 e. The lowest BCUT2D eigenvalue weighted by atomic mass is 9.81. The average molecular weight is 342 g/mol. The van der Waals surface area contributed by atoms with Crippen molar-refractivity contribution >= 4 is 39.9 Å². The lowest BCUT2D eigenvalue weighted by Gasteiger charge is -2.28. The number of amides is 1. The Morgan fingerprint density at radius 1 is 1.32 bits per heavy atom. The van der Waals surface area contributed by atoms with Gasteiger partial charge in [0.15, 0.2) is 0 Å². The zero-order valence-electron chi connectivity index (χ0n) is 13.1. The van der Waals surface area contributed by atoms with E-state index in [0.29, 0.717) is 13.1 Å². The van der Waals surface area contributed by atoms with Crippen molar-refractivity contribution in [2.24, 2.45) is 11.1 Å². The lowest BCUT2D eigenvalue weighted by Crippen LogP contribution is -2.45. The number of benzene rings is 1. The van der Waals surface area contributed by atoms with Crippen LogP contribution >= 0.6 is 23.7 Å². The minimum Gasteiger partial charge on any atom is -0.355 e. The largest absolute Gasteiger partial charge is 0.355 e. The normalized spacial score (nSPS) is 11.2. The van der Waals surface area contributed by atoms with Crippen molar-refractivity contribution in [1.29, 1.82) is 0 Å². The maximum atomic E-state index is 12.3. The monoisotopic (exact) mass is 341 g/mol. The summed E-state index contributed by atoms with van der Waals surface area (Å²) in [6, 6.07) is 8.10. The molecule has 0 fully saturated rings. The molecule has 0 unspecified atom stereocenters. The summed E-state index contributed by atoms with van der Waals surface area (Å²) in [6.07, 6.45) is 2.30. The molecule has 0 atom stereocenters. The third-order valence-electron chi connectivity index (χ3n) is 4.19. The molecule has 1 aromatic heterocycles. The zero-order valence-corrected chi connectivity index (χ0v) is 14.7. The number of hydrogen-bond donors (Lipinski definition) is 2. The van der Waals surface area contributed by atoms with Crippen molar-refractivity contribution in [3.8, 4) is 0 Å². The highest BCUT2D eigenvalue weighted by Gasteiger charge is 2.32. The number of thiazole rings is 1. The van der Waals surface area contributed by atoms with Gasteiger partial charge in [0.05, 0.1) is 20.6 Å². The molecule has 0 bridgehead atoms. The Labute approximate surface area is 141 Å². The fourth-order valence-corrected chi connectivity index (χ4v) is 3.42. The van der Waals surface area contributed by atoms with Crippen LogP contribution in [0.15, 0.2) is 24.3 Å². The van der Waals surface area contributed by atoms with Gasteiger partial charge in [-0.05, 0) is 25.0 Å². The summed E-state index contributed by atoms with van der Waals surface area (Å²) in [7, 11) is 0. The first-order valence-electron chi connectivity index (χ1n) is 7.48. The Kier molecular flexibility index (Phi) is 7.26. The van der Waals surface area contributed by atoms with Crippen LogP contribution in [0.1, 0.15) is 31.7 Å². The van der Waals surface area contributed by atoms with Gasteiger partial charge in [-0.25, -0.2) is 4.98 Å². The molecule has 1 aromatic carbocycles. The molecule has 3 N–H and O–H groups in total. The number of nitrogens with one attached hydrogen (secondary N) is 1. The number of aromatic nitrogens is 1. The van der Waals surface area contributed by atoms with Gasteiger partial charge in [0.2, 0.25) is 5.91 Å².